The number of nitrogens with zero attached hydrogens (tertiary/aromatic N) is 2. The SMILES string of the molecule is COc1ccc(-c2cnoc2NC(=O)c2ccncc2)cc1. The third-order valence-corrected chi connectivity index (χ3v) is 3.14. The zero-order valence-corrected chi connectivity index (χ0v) is 11.8. The van der Waals surface area contributed by atoms with Crippen molar-refractivity contribution in [2.75, 3.05) is 12.4 Å². The van der Waals surface area contributed by atoms with Crippen LogP contribution in [0.3, 0.4) is 0 Å². The van der Waals surface area contributed by atoms with Crippen LogP contribution in [-0.2, 0) is 0 Å². The molecule has 0 spiro atoms. The highest BCUT2D eigenvalue weighted by atomic mass is 16.5. The predicted molar refractivity (Wildman–Crippen MR) is 80.7 cm³/mol. The highest BCUT2D eigenvalue weighted by molar-refractivity contribution is 6.05. The minimum Gasteiger partial charge on any atom is -0.497 e. The molecule has 1 amide bonds. The summed E-state index contributed by atoms with van der Waals surface area (Å²) in [6, 6.07) is 10.6. The van der Waals surface area contributed by atoms with Crippen LogP contribution in [0.4, 0.5) is 5.88 Å². The van der Waals surface area contributed by atoms with Crippen molar-refractivity contribution in [1.29, 1.82) is 0 Å². The van der Waals surface area contributed by atoms with E-state index < -0.39 is 0 Å². The number of pyridine rings is 1. The smallest absolute Gasteiger partial charge is 0.258 e. The summed E-state index contributed by atoms with van der Waals surface area (Å²) < 4.78 is 10.3. The number of benzene rings is 1. The van der Waals surface area contributed by atoms with E-state index in [-0.39, 0.29) is 5.91 Å². The first-order chi connectivity index (χ1) is 10.8. The topological polar surface area (TPSA) is 77.3 Å². The maximum atomic E-state index is 12.1. The fourth-order valence-corrected chi connectivity index (χ4v) is 1.98. The molecule has 0 saturated carbocycles. The van der Waals surface area contributed by atoms with Gasteiger partial charge in [-0.05, 0) is 29.8 Å². The van der Waals surface area contributed by atoms with Crippen LogP contribution in [0.1, 0.15) is 10.4 Å². The summed E-state index contributed by atoms with van der Waals surface area (Å²) in [7, 11) is 1.61. The zero-order chi connectivity index (χ0) is 15.4. The molecule has 2 aromatic heterocycles. The van der Waals surface area contributed by atoms with Gasteiger partial charge in [0, 0.05) is 18.0 Å². The quantitative estimate of drug-likeness (QED) is 0.800. The van der Waals surface area contributed by atoms with Gasteiger partial charge in [0.2, 0.25) is 5.88 Å². The fourth-order valence-electron chi connectivity index (χ4n) is 1.98. The maximum absolute atomic E-state index is 12.1. The Bertz CT molecular complexity index is 767. The fraction of sp³-hybridized carbons (Fsp3) is 0.0625. The molecule has 1 aromatic carbocycles. The number of amides is 1. The Balaban J connectivity index is 1.84. The highest BCUT2D eigenvalue weighted by Crippen LogP contribution is 2.29. The van der Waals surface area contributed by atoms with Crippen LogP contribution < -0.4 is 10.1 Å². The maximum Gasteiger partial charge on any atom is 0.258 e. The molecule has 6 heteroatoms. The minimum atomic E-state index is -0.283. The number of ether oxygens (including phenoxy) is 1. The van der Waals surface area contributed by atoms with Gasteiger partial charge >= 0.3 is 0 Å². The largest absolute Gasteiger partial charge is 0.497 e. The lowest BCUT2D eigenvalue weighted by atomic mass is 10.1. The van der Waals surface area contributed by atoms with Gasteiger partial charge < -0.3 is 9.26 Å². The first-order valence-electron chi connectivity index (χ1n) is 6.58. The second kappa shape index (κ2) is 6.09. The van der Waals surface area contributed by atoms with Gasteiger partial charge in [-0.3, -0.25) is 15.1 Å². The summed E-state index contributed by atoms with van der Waals surface area (Å²) in [5.74, 6) is 0.767. The first kappa shape index (κ1) is 13.8. The van der Waals surface area contributed by atoms with Crippen LogP contribution in [0, 0.1) is 0 Å². The predicted octanol–water partition coefficient (Wildman–Crippen LogP) is 3.00. The Labute approximate surface area is 126 Å². The van der Waals surface area contributed by atoms with Gasteiger partial charge in [0.05, 0.1) is 18.9 Å². The lowest BCUT2D eigenvalue weighted by Gasteiger charge is -2.05. The van der Waals surface area contributed by atoms with Crippen molar-refractivity contribution in [2.45, 2.75) is 0 Å². The van der Waals surface area contributed by atoms with Crippen molar-refractivity contribution < 1.29 is 14.1 Å². The Morgan fingerprint density at radius 2 is 1.86 bits per heavy atom. The number of rotatable bonds is 4. The molecule has 110 valence electrons. The molecule has 0 aliphatic rings. The van der Waals surface area contributed by atoms with Crippen LogP contribution in [0.25, 0.3) is 11.1 Å². The summed E-state index contributed by atoms with van der Waals surface area (Å²) in [4.78, 5) is 16.0. The summed E-state index contributed by atoms with van der Waals surface area (Å²) in [5.41, 5.74) is 2.06. The number of aromatic nitrogens is 2. The van der Waals surface area contributed by atoms with E-state index in [0.717, 1.165) is 11.3 Å². The van der Waals surface area contributed by atoms with Crippen molar-refractivity contribution in [1.82, 2.24) is 10.1 Å². The van der Waals surface area contributed by atoms with E-state index in [1.54, 1.807) is 37.8 Å². The molecule has 0 unspecified atom stereocenters. The first-order valence-corrected chi connectivity index (χ1v) is 6.58. The van der Waals surface area contributed by atoms with Gasteiger partial charge in [-0.2, -0.15) is 0 Å². The van der Waals surface area contributed by atoms with Gasteiger partial charge in [-0.1, -0.05) is 17.3 Å². The summed E-state index contributed by atoms with van der Waals surface area (Å²) >= 11 is 0. The number of anilines is 1. The lowest BCUT2D eigenvalue weighted by molar-refractivity contribution is 0.102. The van der Waals surface area contributed by atoms with Gasteiger partial charge in [0.15, 0.2) is 0 Å². The standard InChI is InChI=1S/C16H13N3O3/c1-21-13-4-2-11(3-5-13)14-10-18-22-16(14)19-15(20)12-6-8-17-9-7-12/h2-10H,1H3,(H,19,20). The second-order valence-electron chi connectivity index (χ2n) is 4.49. The molecule has 0 atom stereocenters. The number of hydrogen-bond donors (Lipinski definition) is 1. The molecule has 0 saturated heterocycles. The van der Waals surface area contributed by atoms with Crippen molar-refractivity contribution >= 4 is 11.8 Å². The average Bonchev–Trinajstić information content (AvgIpc) is 3.04. The summed E-state index contributed by atoms with van der Waals surface area (Å²) in [6.45, 7) is 0. The molecule has 3 aromatic rings. The minimum absolute atomic E-state index is 0.283. The van der Waals surface area contributed by atoms with E-state index >= 15 is 0 Å². The van der Waals surface area contributed by atoms with Gasteiger partial charge in [-0.15, -0.1) is 0 Å². The van der Waals surface area contributed by atoms with Crippen molar-refractivity contribution in [3.63, 3.8) is 0 Å². The van der Waals surface area contributed by atoms with Crippen LogP contribution >= 0.6 is 0 Å². The Hall–Kier alpha value is -3.15. The number of methoxy groups -OCH3 is 1. The lowest BCUT2D eigenvalue weighted by Crippen LogP contribution is -2.11. The van der Waals surface area contributed by atoms with Gasteiger partial charge in [0.25, 0.3) is 5.91 Å². The Morgan fingerprint density at radius 1 is 1.14 bits per heavy atom. The Morgan fingerprint density at radius 3 is 2.55 bits per heavy atom. The highest BCUT2D eigenvalue weighted by Gasteiger charge is 2.14. The van der Waals surface area contributed by atoms with E-state index in [1.807, 2.05) is 24.3 Å². The molecule has 3 rings (SSSR count). The summed E-state index contributed by atoms with van der Waals surface area (Å²) in [6.07, 6.45) is 4.67. The molecule has 22 heavy (non-hydrogen) atoms. The number of carbonyl (C=O) groups excluding carboxylic acids is 1. The molecule has 0 fully saturated rings. The second-order valence-corrected chi connectivity index (χ2v) is 4.49. The van der Waals surface area contributed by atoms with E-state index in [2.05, 4.69) is 15.5 Å². The number of nitrogens with one attached hydrogen (secondary N) is 1. The van der Waals surface area contributed by atoms with Gasteiger partial charge in [0.1, 0.15) is 5.75 Å². The average molecular weight is 295 g/mol. The van der Waals surface area contributed by atoms with Crippen LogP contribution in [0.2, 0.25) is 0 Å². The van der Waals surface area contributed by atoms with Crippen LogP contribution in [0.15, 0.2) is 59.5 Å². The molecule has 0 bridgehead atoms. The number of hydrogen-bond acceptors (Lipinski definition) is 5. The third kappa shape index (κ3) is 2.80. The summed E-state index contributed by atoms with van der Waals surface area (Å²) in [5, 5.41) is 6.46. The molecular weight excluding hydrogens is 282 g/mol. The van der Waals surface area contributed by atoms with E-state index in [4.69, 9.17) is 9.26 Å². The van der Waals surface area contributed by atoms with Crippen molar-refractivity contribution in [2.24, 2.45) is 0 Å². The number of carbonyl (C=O) groups is 1. The molecule has 0 radical (unpaired) electrons. The van der Waals surface area contributed by atoms with E-state index in [9.17, 15) is 4.79 Å². The molecule has 0 aliphatic carbocycles. The molecule has 2 heterocycles. The molecule has 6 nitrogen and oxygen atoms in total. The van der Waals surface area contributed by atoms with E-state index in [0.29, 0.717) is 17.0 Å². The van der Waals surface area contributed by atoms with Crippen LogP contribution in [-0.4, -0.2) is 23.2 Å². The molecule has 1 N–H and O–H groups in total. The zero-order valence-electron chi connectivity index (χ0n) is 11.8. The van der Waals surface area contributed by atoms with Crippen molar-refractivity contribution in [3.8, 4) is 16.9 Å². The molecule has 0 aliphatic heterocycles. The monoisotopic (exact) mass is 295 g/mol. The Kier molecular flexibility index (Phi) is 3.82. The van der Waals surface area contributed by atoms with Gasteiger partial charge in [-0.25, -0.2) is 0 Å². The van der Waals surface area contributed by atoms with E-state index in [1.165, 1.54) is 0 Å². The van der Waals surface area contributed by atoms with Crippen molar-refractivity contribution in [3.05, 3.63) is 60.6 Å². The van der Waals surface area contributed by atoms with Crippen LogP contribution in [0.5, 0.6) is 5.75 Å². The normalized spacial score (nSPS) is 10.2. The third-order valence-electron chi connectivity index (χ3n) is 3.14. The molecular formula is C16H13N3O3.